The summed E-state index contributed by atoms with van der Waals surface area (Å²) in [5.41, 5.74) is 1.74. The van der Waals surface area contributed by atoms with E-state index in [9.17, 15) is 13.0 Å². The van der Waals surface area contributed by atoms with Gasteiger partial charge in [0.2, 0.25) is 0 Å². The second kappa shape index (κ2) is 6.34. The van der Waals surface area contributed by atoms with Gasteiger partial charge in [-0.05, 0) is 37.3 Å². The maximum atomic E-state index is 11.3. The lowest BCUT2D eigenvalue weighted by molar-refractivity contribution is 0.478. The molecule has 0 aliphatic heterocycles. The number of hydrogen-bond acceptors (Lipinski definition) is 2. The molecule has 18 heavy (non-hydrogen) atoms. The highest BCUT2D eigenvalue weighted by atomic mass is 32.2. The van der Waals surface area contributed by atoms with E-state index in [1.807, 2.05) is 13.0 Å². The van der Waals surface area contributed by atoms with E-state index in [0.717, 1.165) is 30.4 Å². The van der Waals surface area contributed by atoms with Crippen LogP contribution in [0.25, 0.3) is 0 Å². The van der Waals surface area contributed by atoms with Crippen LogP contribution < -0.4 is 0 Å². The second-order valence-electron chi connectivity index (χ2n) is 4.99. The standard InChI is InChI=1S/C14H22O3S/c1-4-11(2)6-5-7-13-10-12(3)8-9-14(13)18(15,16)17/h8-11H,4-7H2,1-3H3,(H,15,16,17)/t11-/m0/s1. The number of rotatable bonds is 6. The minimum atomic E-state index is -4.11. The van der Waals surface area contributed by atoms with Gasteiger partial charge in [0, 0.05) is 0 Å². The van der Waals surface area contributed by atoms with Crippen LogP contribution in [0.3, 0.4) is 0 Å². The minimum absolute atomic E-state index is 0.0530. The lowest BCUT2D eigenvalue weighted by atomic mass is 9.98. The average molecular weight is 270 g/mol. The smallest absolute Gasteiger partial charge is 0.282 e. The number of benzene rings is 1. The van der Waals surface area contributed by atoms with Crippen molar-refractivity contribution in [1.82, 2.24) is 0 Å². The predicted molar refractivity (Wildman–Crippen MR) is 73.4 cm³/mol. The maximum absolute atomic E-state index is 11.3. The molecule has 4 heteroatoms. The van der Waals surface area contributed by atoms with Crippen molar-refractivity contribution < 1.29 is 13.0 Å². The maximum Gasteiger partial charge on any atom is 0.294 e. The summed E-state index contributed by atoms with van der Waals surface area (Å²) in [5, 5.41) is 0. The summed E-state index contributed by atoms with van der Waals surface area (Å²) in [6, 6.07) is 5.05. The molecule has 1 rings (SSSR count). The molecule has 0 radical (unpaired) electrons. The monoisotopic (exact) mass is 270 g/mol. The fourth-order valence-electron chi connectivity index (χ4n) is 2.00. The Kier molecular flexibility index (Phi) is 5.35. The summed E-state index contributed by atoms with van der Waals surface area (Å²) >= 11 is 0. The molecular formula is C14H22O3S. The van der Waals surface area contributed by atoms with Gasteiger partial charge < -0.3 is 0 Å². The van der Waals surface area contributed by atoms with E-state index in [1.54, 1.807) is 6.07 Å². The quantitative estimate of drug-likeness (QED) is 0.803. The summed E-state index contributed by atoms with van der Waals surface area (Å²) in [6.07, 6.45) is 3.86. The van der Waals surface area contributed by atoms with Crippen LogP contribution in [0.4, 0.5) is 0 Å². The Bertz CT molecular complexity index is 492. The molecule has 0 aliphatic rings. The molecule has 0 bridgehead atoms. The van der Waals surface area contributed by atoms with Gasteiger partial charge in [0.1, 0.15) is 0 Å². The summed E-state index contributed by atoms with van der Waals surface area (Å²) in [4.78, 5) is 0.0530. The Morgan fingerprint density at radius 3 is 2.56 bits per heavy atom. The van der Waals surface area contributed by atoms with Crippen molar-refractivity contribution in [1.29, 1.82) is 0 Å². The lowest BCUT2D eigenvalue weighted by Gasteiger charge is -2.10. The first-order valence-corrected chi connectivity index (χ1v) is 7.85. The SMILES string of the molecule is CC[C@H](C)CCCc1cc(C)ccc1S(=O)(=O)O. The van der Waals surface area contributed by atoms with Crippen molar-refractivity contribution in [2.24, 2.45) is 5.92 Å². The molecule has 0 aliphatic carbocycles. The van der Waals surface area contributed by atoms with Gasteiger partial charge in [-0.1, -0.05) is 44.4 Å². The van der Waals surface area contributed by atoms with E-state index in [1.165, 1.54) is 6.07 Å². The summed E-state index contributed by atoms with van der Waals surface area (Å²) in [7, 11) is -4.11. The molecule has 1 atom stereocenters. The van der Waals surface area contributed by atoms with Gasteiger partial charge in [0.25, 0.3) is 10.1 Å². The summed E-state index contributed by atoms with van der Waals surface area (Å²) < 4.78 is 31.7. The van der Waals surface area contributed by atoms with Crippen molar-refractivity contribution in [2.75, 3.05) is 0 Å². The van der Waals surface area contributed by atoms with Crippen LogP contribution in [0, 0.1) is 12.8 Å². The van der Waals surface area contributed by atoms with Gasteiger partial charge in [-0.2, -0.15) is 8.42 Å². The first-order valence-electron chi connectivity index (χ1n) is 6.41. The van der Waals surface area contributed by atoms with Crippen LogP contribution in [0.5, 0.6) is 0 Å². The third-order valence-electron chi connectivity index (χ3n) is 3.33. The van der Waals surface area contributed by atoms with Gasteiger partial charge in [-0.3, -0.25) is 4.55 Å². The third-order valence-corrected chi connectivity index (χ3v) is 4.29. The molecule has 0 amide bonds. The fourth-order valence-corrected chi connectivity index (χ4v) is 2.73. The summed E-state index contributed by atoms with van der Waals surface area (Å²) in [6.45, 7) is 6.27. The fraction of sp³-hybridized carbons (Fsp3) is 0.571. The van der Waals surface area contributed by atoms with Crippen molar-refractivity contribution in [2.45, 2.75) is 51.3 Å². The zero-order valence-electron chi connectivity index (χ0n) is 11.3. The summed E-state index contributed by atoms with van der Waals surface area (Å²) in [5.74, 6) is 0.656. The van der Waals surface area contributed by atoms with E-state index in [4.69, 9.17) is 0 Å². The molecule has 0 spiro atoms. The topological polar surface area (TPSA) is 54.4 Å². The normalized spacial score (nSPS) is 13.6. The Labute approximate surface area is 110 Å². The molecule has 102 valence electrons. The van der Waals surface area contributed by atoms with Gasteiger partial charge in [0.05, 0.1) is 4.90 Å². The molecular weight excluding hydrogens is 248 g/mol. The van der Waals surface area contributed by atoms with Crippen LogP contribution in [0.1, 0.15) is 44.2 Å². The lowest BCUT2D eigenvalue weighted by Crippen LogP contribution is -2.04. The first kappa shape index (κ1) is 15.2. The molecule has 0 unspecified atom stereocenters. The molecule has 1 aromatic carbocycles. The Morgan fingerprint density at radius 1 is 1.33 bits per heavy atom. The predicted octanol–water partition coefficient (Wildman–Crippen LogP) is 3.61. The van der Waals surface area contributed by atoms with Gasteiger partial charge in [-0.15, -0.1) is 0 Å². The van der Waals surface area contributed by atoms with Crippen molar-refractivity contribution in [3.05, 3.63) is 29.3 Å². The molecule has 1 aromatic rings. The highest BCUT2D eigenvalue weighted by Crippen LogP contribution is 2.21. The zero-order chi connectivity index (χ0) is 13.8. The van der Waals surface area contributed by atoms with E-state index in [2.05, 4.69) is 13.8 Å². The van der Waals surface area contributed by atoms with Crippen LogP contribution in [-0.2, 0) is 16.5 Å². The first-order chi connectivity index (χ1) is 8.34. The Hall–Kier alpha value is -0.870. The van der Waals surface area contributed by atoms with Crippen LogP contribution >= 0.6 is 0 Å². The molecule has 0 fully saturated rings. The van der Waals surface area contributed by atoms with Gasteiger partial charge in [0.15, 0.2) is 0 Å². The largest absolute Gasteiger partial charge is 0.294 e. The van der Waals surface area contributed by atoms with Crippen LogP contribution in [0.2, 0.25) is 0 Å². The van der Waals surface area contributed by atoms with Crippen LogP contribution in [-0.4, -0.2) is 13.0 Å². The van der Waals surface area contributed by atoms with E-state index in [0.29, 0.717) is 12.3 Å². The highest BCUT2D eigenvalue weighted by Gasteiger charge is 2.15. The zero-order valence-corrected chi connectivity index (χ0v) is 12.1. The van der Waals surface area contributed by atoms with Crippen molar-refractivity contribution in [3.63, 3.8) is 0 Å². The molecule has 0 aromatic heterocycles. The molecule has 0 saturated heterocycles. The number of hydrogen-bond donors (Lipinski definition) is 1. The molecule has 0 saturated carbocycles. The minimum Gasteiger partial charge on any atom is -0.282 e. The van der Waals surface area contributed by atoms with E-state index >= 15 is 0 Å². The number of aryl methyl sites for hydroxylation is 2. The van der Waals surface area contributed by atoms with E-state index in [-0.39, 0.29) is 4.90 Å². The highest BCUT2D eigenvalue weighted by molar-refractivity contribution is 7.85. The Morgan fingerprint density at radius 2 is 2.00 bits per heavy atom. The van der Waals surface area contributed by atoms with Gasteiger partial charge in [-0.25, -0.2) is 0 Å². The molecule has 1 N–H and O–H groups in total. The van der Waals surface area contributed by atoms with Crippen molar-refractivity contribution in [3.8, 4) is 0 Å². The Balaban J connectivity index is 2.84. The van der Waals surface area contributed by atoms with E-state index < -0.39 is 10.1 Å². The molecule has 3 nitrogen and oxygen atoms in total. The molecule has 0 heterocycles. The van der Waals surface area contributed by atoms with Crippen LogP contribution in [0.15, 0.2) is 23.1 Å². The second-order valence-corrected chi connectivity index (χ2v) is 6.38. The van der Waals surface area contributed by atoms with Crippen molar-refractivity contribution >= 4 is 10.1 Å². The average Bonchev–Trinajstić information content (AvgIpc) is 2.27. The third kappa shape index (κ3) is 4.42. The van der Waals surface area contributed by atoms with Gasteiger partial charge >= 0.3 is 0 Å².